The molecule has 1 aliphatic rings. The molecule has 0 saturated heterocycles. The van der Waals surface area contributed by atoms with E-state index in [0.29, 0.717) is 36.4 Å². The highest BCUT2D eigenvalue weighted by Crippen LogP contribution is 2.26. The largest absolute Gasteiger partial charge is 0.338 e. The average Bonchev–Trinajstić information content (AvgIpc) is 2.66. The van der Waals surface area contributed by atoms with Crippen molar-refractivity contribution in [3.63, 3.8) is 0 Å². The Hall–Kier alpha value is -2.87. The summed E-state index contributed by atoms with van der Waals surface area (Å²) in [6.45, 7) is 6.12. The molecule has 0 spiro atoms. The molecule has 0 bridgehead atoms. The molecule has 2 aromatic carbocycles. The van der Waals surface area contributed by atoms with Crippen LogP contribution in [0.4, 0.5) is 11.4 Å². The summed E-state index contributed by atoms with van der Waals surface area (Å²) >= 11 is 0. The number of fused-ring (bicyclic) bond motifs is 1. The number of hydrogen-bond donors (Lipinski definition) is 2. The molecule has 0 aromatic heterocycles. The van der Waals surface area contributed by atoms with Gasteiger partial charge < -0.3 is 10.2 Å². The Bertz CT molecular complexity index is 1060. The number of nitrogens with zero attached hydrogens (tertiary/aromatic N) is 1. The number of aryl methyl sites for hydroxylation is 1. The van der Waals surface area contributed by atoms with E-state index in [0.717, 1.165) is 17.5 Å². The first-order chi connectivity index (χ1) is 13.7. The van der Waals surface area contributed by atoms with Gasteiger partial charge in [0.2, 0.25) is 11.8 Å². The van der Waals surface area contributed by atoms with Crippen LogP contribution < -0.4 is 10.0 Å². The number of carbonyl (C=O) groups is 2. The quantitative estimate of drug-likeness (QED) is 0.785. The van der Waals surface area contributed by atoms with Crippen LogP contribution in [0.15, 0.2) is 41.3 Å². The summed E-state index contributed by atoms with van der Waals surface area (Å²) in [5.74, 6) is -0.126. The molecule has 1 aliphatic heterocycles. The second-order valence-electron chi connectivity index (χ2n) is 7.16. The molecule has 8 heteroatoms. The van der Waals surface area contributed by atoms with Crippen LogP contribution in [0, 0.1) is 6.92 Å². The van der Waals surface area contributed by atoms with Gasteiger partial charge in [-0.15, -0.1) is 0 Å². The molecule has 0 atom stereocenters. The number of amides is 2. The Morgan fingerprint density at radius 3 is 2.45 bits per heavy atom. The van der Waals surface area contributed by atoms with E-state index in [2.05, 4.69) is 10.0 Å². The number of benzene rings is 2. The van der Waals surface area contributed by atoms with Crippen molar-refractivity contribution in [3.8, 4) is 0 Å². The number of sulfonamides is 1. The molecule has 0 aliphatic carbocycles. The maximum atomic E-state index is 12.9. The summed E-state index contributed by atoms with van der Waals surface area (Å²) in [6.07, 6.45) is 1.10. The van der Waals surface area contributed by atoms with Crippen molar-refractivity contribution < 1.29 is 18.0 Å². The summed E-state index contributed by atoms with van der Waals surface area (Å²) < 4.78 is 28.4. The zero-order valence-electron chi connectivity index (χ0n) is 16.8. The van der Waals surface area contributed by atoms with Gasteiger partial charge in [-0.2, -0.15) is 0 Å². The summed E-state index contributed by atoms with van der Waals surface area (Å²) in [5.41, 5.74) is 3.62. The SMILES string of the molecule is CCC(=O)Nc1ccc(S(=O)(=O)Nc2ccc3c(c2)CN(C(C)=O)CC3)c(C)c1. The highest BCUT2D eigenvalue weighted by atomic mass is 32.2. The van der Waals surface area contributed by atoms with Crippen molar-refractivity contribution in [2.45, 2.75) is 45.1 Å². The van der Waals surface area contributed by atoms with Gasteiger partial charge in [0.05, 0.1) is 4.90 Å². The van der Waals surface area contributed by atoms with Gasteiger partial charge in [-0.3, -0.25) is 14.3 Å². The fraction of sp³-hybridized carbons (Fsp3) is 0.333. The standard InChI is InChI=1S/C21H25N3O4S/c1-4-21(26)22-18-7-8-20(14(2)11-18)29(27,28)23-19-6-5-16-9-10-24(15(3)25)13-17(16)12-19/h5-8,11-12,23H,4,9-10,13H2,1-3H3,(H,22,26). The topological polar surface area (TPSA) is 95.6 Å². The van der Waals surface area contributed by atoms with Crippen molar-refractivity contribution in [2.75, 3.05) is 16.6 Å². The van der Waals surface area contributed by atoms with E-state index in [1.165, 1.54) is 13.0 Å². The first-order valence-electron chi connectivity index (χ1n) is 9.50. The molecule has 2 amide bonds. The highest BCUT2D eigenvalue weighted by molar-refractivity contribution is 7.92. The molecule has 0 fully saturated rings. The van der Waals surface area contributed by atoms with E-state index in [1.54, 1.807) is 43.0 Å². The van der Waals surface area contributed by atoms with Crippen molar-refractivity contribution in [3.05, 3.63) is 53.1 Å². The van der Waals surface area contributed by atoms with Crippen molar-refractivity contribution in [1.29, 1.82) is 0 Å². The number of hydrogen-bond acceptors (Lipinski definition) is 4. The minimum absolute atomic E-state index is 0.00696. The third kappa shape index (κ3) is 4.76. The highest BCUT2D eigenvalue weighted by Gasteiger charge is 2.21. The van der Waals surface area contributed by atoms with Crippen LogP contribution >= 0.6 is 0 Å². The van der Waals surface area contributed by atoms with Crippen LogP contribution in [0.25, 0.3) is 0 Å². The zero-order chi connectivity index (χ0) is 21.2. The number of carbonyl (C=O) groups excluding carboxylic acids is 2. The second-order valence-corrected chi connectivity index (χ2v) is 8.81. The second kappa shape index (κ2) is 8.24. The summed E-state index contributed by atoms with van der Waals surface area (Å²) in [5, 5.41) is 2.72. The molecule has 2 N–H and O–H groups in total. The molecule has 0 radical (unpaired) electrons. The average molecular weight is 416 g/mol. The Labute approximate surface area is 171 Å². The molecular weight excluding hydrogens is 390 g/mol. The fourth-order valence-corrected chi connectivity index (χ4v) is 4.65. The number of anilines is 2. The molecule has 1 heterocycles. The molecule has 0 saturated carbocycles. The van der Waals surface area contributed by atoms with Gasteiger partial charge in [0, 0.05) is 37.8 Å². The molecule has 0 unspecified atom stereocenters. The van der Waals surface area contributed by atoms with Gasteiger partial charge in [-0.05, 0) is 60.4 Å². The van der Waals surface area contributed by atoms with E-state index >= 15 is 0 Å². The van der Waals surface area contributed by atoms with Crippen molar-refractivity contribution >= 4 is 33.2 Å². The predicted molar refractivity (Wildman–Crippen MR) is 112 cm³/mol. The van der Waals surface area contributed by atoms with Gasteiger partial charge in [-0.1, -0.05) is 13.0 Å². The minimum Gasteiger partial charge on any atom is -0.338 e. The van der Waals surface area contributed by atoms with E-state index in [-0.39, 0.29) is 16.7 Å². The van der Waals surface area contributed by atoms with Gasteiger partial charge in [0.1, 0.15) is 0 Å². The molecule has 7 nitrogen and oxygen atoms in total. The van der Waals surface area contributed by atoms with Crippen LogP contribution in [0.1, 0.15) is 37.0 Å². The predicted octanol–water partition coefficient (Wildman–Crippen LogP) is 3.05. The van der Waals surface area contributed by atoms with Gasteiger partial charge in [0.25, 0.3) is 10.0 Å². The van der Waals surface area contributed by atoms with Gasteiger partial charge in [-0.25, -0.2) is 8.42 Å². The molecule has 29 heavy (non-hydrogen) atoms. The Morgan fingerprint density at radius 2 is 1.79 bits per heavy atom. The maximum absolute atomic E-state index is 12.9. The first kappa shape index (κ1) is 20.9. The Morgan fingerprint density at radius 1 is 1.07 bits per heavy atom. The molecular formula is C21H25N3O4S. The fourth-order valence-electron chi connectivity index (χ4n) is 3.38. The summed E-state index contributed by atoms with van der Waals surface area (Å²) in [4.78, 5) is 25.1. The third-order valence-corrected chi connectivity index (χ3v) is 6.53. The van der Waals surface area contributed by atoms with Crippen LogP contribution in [0.5, 0.6) is 0 Å². The van der Waals surface area contributed by atoms with Crippen molar-refractivity contribution in [1.82, 2.24) is 4.90 Å². The smallest absolute Gasteiger partial charge is 0.262 e. The first-order valence-corrected chi connectivity index (χ1v) is 11.0. The zero-order valence-corrected chi connectivity index (χ0v) is 17.6. The van der Waals surface area contributed by atoms with Crippen molar-refractivity contribution in [2.24, 2.45) is 0 Å². The Kier molecular flexibility index (Phi) is 5.93. The minimum atomic E-state index is -3.79. The Balaban J connectivity index is 1.82. The molecule has 2 aromatic rings. The molecule has 154 valence electrons. The van der Waals surface area contributed by atoms with Crippen LogP contribution in [0.3, 0.4) is 0 Å². The monoisotopic (exact) mass is 415 g/mol. The normalized spacial score (nSPS) is 13.6. The van der Waals surface area contributed by atoms with E-state index in [1.807, 2.05) is 6.07 Å². The lowest BCUT2D eigenvalue weighted by Crippen LogP contribution is -2.34. The van der Waals surface area contributed by atoms with Gasteiger partial charge in [0.15, 0.2) is 0 Å². The lowest BCUT2D eigenvalue weighted by molar-refractivity contribution is -0.129. The van der Waals surface area contributed by atoms with Crippen LogP contribution in [-0.2, 0) is 32.6 Å². The molecule has 3 rings (SSSR count). The maximum Gasteiger partial charge on any atom is 0.262 e. The van der Waals surface area contributed by atoms with Gasteiger partial charge >= 0.3 is 0 Å². The van der Waals surface area contributed by atoms with Crippen LogP contribution in [-0.4, -0.2) is 31.7 Å². The number of rotatable bonds is 5. The summed E-state index contributed by atoms with van der Waals surface area (Å²) in [7, 11) is -3.79. The van der Waals surface area contributed by atoms with E-state index in [9.17, 15) is 18.0 Å². The van der Waals surface area contributed by atoms with Crippen LogP contribution in [0.2, 0.25) is 0 Å². The number of nitrogens with one attached hydrogen (secondary N) is 2. The van der Waals surface area contributed by atoms with E-state index in [4.69, 9.17) is 0 Å². The lowest BCUT2D eigenvalue weighted by atomic mass is 9.99. The third-order valence-electron chi connectivity index (χ3n) is 4.99. The summed E-state index contributed by atoms with van der Waals surface area (Å²) in [6, 6.07) is 10.1. The lowest BCUT2D eigenvalue weighted by Gasteiger charge is -2.28. The van der Waals surface area contributed by atoms with E-state index < -0.39 is 10.0 Å².